The Morgan fingerprint density at radius 2 is 1.76 bits per heavy atom. The first-order valence-corrected chi connectivity index (χ1v) is 13.9. The average Bonchev–Trinajstić information content (AvgIpc) is 3.35. The maximum atomic E-state index is 12.9. The second-order valence-corrected chi connectivity index (χ2v) is 11.3. The molecular formula is C25H27N5O2S2. The third-order valence-electron chi connectivity index (χ3n) is 6.23. The summed E-state index contributed by atoms with van der Waals surface area (Å²) < 4.78 is 30.2. The molecule has 0 radical (unpaired) electrons. The largest absolute Gasteiger partial charge is 0.280 e. The minimum Gasteiger partial charge on any atom is -0.280 e. The molecule has 0 unspecified atom stereocenters. The zero-order chi connectivity index (χ0) is 23.5. The molecule has 1 aliphatic rings. The van der Waals surface area contributed by atoms with Crippen molar-refractivity contribution in [1.82, 2.24) is 19.6 Å². The van der Waals surface area contributed by atoms with Crippen LogP contribution in [0.3, 0.4) is 0 Å². The zero-order valence-electron chi connectivity index (χ0n) is 19.0. The Bertz CT molecular complexity index is 1380. The lowest BCUT2D eigenvalue weighted by atomic mass is 9.84. The van der Waals surface area contributed by atoms with E-state index >= 15 is 0 Å². The maximum Gasteiger partial charge on any atom is 0.261 e. The van der Waals surface area contributed by atoms with Gasteiger partial charge in [0.25, 0.3) is 15.8 Å². The van der Waals surface area contributed by atoms with Crippen LogP contribution in [-0.4, -0.2) is 28.0 Å². The van der Waals surface area contributed by atoms with Crippen molar-refractivity contribution in [1.29, 1.82) is 0 Å². The van der Waals surface area contributed by atoms with Crippen molar-refractivity contribution in [3.05, 3.63) is 72.2 Å². The molecule has 1 fully saturated rings. The van der Waals surface area contributed by atoms with Crippen LogP contribution in [0, 0.1) is 0 Å². The van der Waals surface area contributed by atoms with Crippen LogP contribution in [0.5, 0.6) is 0 Å². The van der Waals surface area contributed by atoms with Gasteiger partial charge in [0.2, 0.25) is 0 Å². The Kier molecular flexibility index (Phi) is 6.56. The number of aryl methyl sites for hydroxylation is 1. The van der Waals surface area contributed by atoms with Gasteiger partial charge in [0.05, 0.1) is 4.90 Å². The number of rotatable bonds is 7. The van der Waals surface area contributed by atoms with Gasteiger partial charge in [-0.1, -0.05) is 50.1 Å². The van der Waals surface area contributed by atoms with Crippen molar-refractivity contribution < 1.29 is 8.42 Å². The van der Waals surface area contributed by atoms with Gasteiger partial charge in [-0.15, -0.1) is 0 Å². The molecule has 0 atom stereocenters. The highest BCUT2D eigenvalue weighted by molar-refractivity contribution is 7.99. The summed E-state index contributed by atoms with van der Waals surface area (Å²) in [6, 6.07) is 16.7. The van der Waals surface area contributed by atoms with Gasteiger partial charge in [0.15, 0.2) is 0 Å². The first-order chi connectivity index (χ1) is 16.5. The van der Waals surface area contributed by atoms with Gasteiger partial charge in [0, 0.05) is 16.3 Å². The smallest absolute Gasteiger partial charge is 0.261 e. The predicted molar refractivity (Wildman–Crippen MR) is 134 cm³/mol. The molecule has 34 heavy (non-hydrogen) atoms. The first-order valence-electron chi connectivity index (χ1n) is 11.6. The molecule has 0 saturated heterocycles. The van der Waals surface area contributed by atoms with Crippen LogP contribution in [0.15, 0.2) is 75.7 Å². The average molecular weight is 494 g/mol. The molecule has 0 bridgehead atoms. The molecule has 1 N–H and O–H groups in total. The first kappa shape index (κ1) is 22.9. The summed E-state index contributed by atoms with van der Waals surface area (Å²) in [4.78, 5) is 9.91. The minimum absolute atomic E-state index is 0.281. The van der Waals surface area contributed by atoms with Gasteiger partial charge in [-0.2, -0.15) is 14.6 Å². The van der Waals surface area contributed by atoms with Crippen molar-refractivity contribution >= 4 is 33.3 Å². The zero-order valence-corrected chi connectivity index (χ0v) is 20.6. The Balaban J connectivity index is 1.29. The van der Waals surface area contributed by atoms with Crippen LogP contribution in [0.25, 0.3) is 5.78 Å². The molecule has 176 valence electrons. The van der Waals surface area contributed by atoms with Crippen LogP contribution >= 0.6 is 11.8 Å². The number of nitrogens with one attached hydrogen (secondary N) is 1. The summed E-state index contributed by atoms with van der Waals surface area (Å²) in [6.07, 6.45) is 8.49. The second-order valence-electron chi connectivity index (χ2n) is 8.55. The Labute approximate surface area is 204 Å². The molecule has 0 amide bonds. The van der Waals surface area contributed by atoms with Gasteiger partial charge in [-0.3, -0.25) is 4.72 Å². The van der Waals surface area contributed by atoms with E-state index in [0.29, 0.717) is 17.4 Å². The van der Waals surface area contributed by atoms with Gasteiger partial charge < -0.3 is 0 Å². The Morgan fingerprint density at radius 3 is 2.47 bits per heavy atom. The summed E-state index contributed by atoms with van der Waals surface area (Å²) >= 11 is 1.53. The van der Waals surface area contributed by atoms with Gasteiger partial charge in [-0.05, 0) is 73.2 Å². The predicted octanol–water partition coefficient (Wildman–Crippen LogP) is 5.69. The Morgan fingerprint density at radius 1 is 1.03 bits per heavy atom. The molecule has 2 aromatic carbocycles. The number of aromatic nitrogens is 4. The van der Waals surface area contributed by atoms with Crippen molar-refractivity contribution in [2.75, 3.05) is 4.72 Å². The standard InChI is InChI=1S/C25H27N5O2S2/c1-2-20-16-24(30-25(28-20)26-17-27-30)33-22-12-10-21(11-13-22)29-34(31,32)23-14-8-19(9-15-23)18-6-4-3-5-7-18/h8-18,29H,2-7H2,1H3. The second kappa shape index (κ2) is 9.76. The molecule has 2 heterocycles. The molecule has 0 aliphatic heterocycles. The molecule has 5 rings (SSSR count). The van der Waals surface area contributed by atoms with Crippen molar-refractivity contribution in [2.45, 2.75) is 66.2 Å². The number of nitrogens with zero attached hydrogens (tertiary/aromatic N) is 4. The van der Waals surface area contributed by atoms with Crippen LogP contribution in [0.4, 0.5) is 5.69 Å². The lowest BCUT2D eigenvalue weighted by Crippen LogP contribution is -2.13. The lowest BCUT2D eigenvalue weighted by Gasteiger charge is -2.22. The van der Waals surface area contributed by atoms with Gasteiger partial charge in [0.1, 0.15) is 11.4 Å². The van der Waals surface area contributed by atoms with E-state index in [1.54, 1.807) is 28.8 Å². The molecule has 2 aromatic heterocycles. The number of anilines is 1. The fraction of sp³-hybridized carbons (Fsp3) is 0.320. The lowest BCUT2D eigenvalue weighted by molar-refractivity contribution is 0.443. The number of fused-ring (bicyclic) bond motifs is 1. The monoisotopic (exact) mass is 493 g/mol. The van der Waals surface area contributed by atoms with Crippen molar-refractivity contribution in [2.24, 2.45) is 0 Å². The fourth-order valence-electron chi connectivity index (χ4n) is 4.37. The van der Waals surface area contributed by atoms with E-state index in [0.717, 1.165) is 22.0 Å². The highest BCUT2D eigenvalue weighted by Gasteiger charge is 2.18. The summed E-state index contributed by atoms with van der Waals surface area (Å²) in [5.41, 5.74) is 2.71. The number of benzene rings is 2. The third kappa shape index (κ3) is 4.95. The summed E-state index contributed by atoms with van der Waals surface area (Å²) in [5.74, 6) is 1.12. The van der Waals surface area contributed by atoms with Crippen molar-refractivity contribution in [3.8, 4) is 0 Å². The van der Waals surface area contributed by atoms with E-state index in [-0.39, 0.29) is 4.90 Å². The molecule has 7 nitrogen and oxygen atoms in total. The maximum absolute atomic E-state index is 12.9. The van der Waals surface area contributed by atoms with Gasteiger partial charge in [-0.25, -0.2) is 13.4 Å². The van der Waals surface area contributed by atoms with Gasteiger partial charge >= 0.3 is 0 Å². The quantitative estimate of drug-likeness (QED) is 0.333. The topological polar surface area (TPSA) is 89.2 Å². The molecular weight excluding hydrogens is 466 g/mol. The molecule has 4 aromatic rings. The van der Waals surface area contributed by atoms with E-state index in [1.807, 2.05) is 37.3 Å². The summed E-state index contributed by atoms with van der Waals surface area (Å²) in [6.45, 7) is 2.05. The van der Waals surface area contributed by atoms with Crippen LogP contribution in [-0.2, 0) is 16.4 Å². The van der Waals surface area contributed by atoms with E-state index in [2.05, 4.69) is 19.8 Å². The number of sulfonamides is 1. The summed E-state index contributed by atoms with van der Waals surface area (Å²) in [7, 11) is -3.65. The molecule has 9 heteroatoms. The van der Waals surface area contributed by atoms with Crippen LogP contribution in [0.1, 0.15) is 56.2 Å². The summed E-state index contributed by atoms with van der Waals surface area (Å²) in [5, 5.41) is 5.16. The van der Waals surface area contributed by atoms with E-state index in [1.165, 1.54) is 55.8 Å². The molecule has 0 spiro atoms. The minimum atomic E-state index is -3.65. The third-order valence-corrected chi connectivity index (χ3v) is 8.64. The Hall–Kier alpha value is -2.91. The highest BCUT2D eigenvalue weighted by Crippen LogP contribution is 2.33. The number of hydrogen-bond acceptors (Lipinski definition) is 6. The molecule has 1 saturated carbocycles. The SMILES string of the molecule is CCc1cc(Sc2ccc(NS(=O)(=O)c3ccc(C4CCCCC4)cc3)cc2)n2ncnc2n1. The van der Waals surface area contributed by atoms with Crippen molar-refractivity contribution in [3.63, 3.8) is 0 Å². The molecule has 1 aliphatic carbocycles. The van der Waals surface area contributed by atoms with Crippen LogP contribution < -0.4 is 4.72 Å². The fourth-order valence-corrected chi connectivity index (χ4v) is 6.35. The number of hydrogen-bond donors (Lipinski definition) is 1. The normalized spacial score (nSPS) is 15.0. The van der Waals surface area contributed by atoms with E-state index in [4.69, 9.17) is 0 Å². The van der Waals surface area contributed by atoms with E-state index in [9.17, 15) is 8.42 Å². The highest BCUT2D eigenvalue weighted by atomic mass is 32.2. The van der Waals surface area contributed by atoms with E-state index < -0.39 is 10.0 Å². The van der Waals surface area contributed by atoms with Crippen LogP contribution in [0.2, 0.25) is 0 Å².